The summed E-state index contributed by atoms with van der Waals surface area (Å²) in [7, 11) is 0. The molecular formula is C19H26N2O4. The van der Waals surface area contributed by atoms with Crippen LogP contribution in [-0.2, 0) is 16.1 Å². The van der Waals surface area contributed by atoms with Gasteiger partial charge in [0.25, 0.3) is 5.91 Å². The van der Waals surface area contributed by atoms with Gasteiger partial charge in [-0.2, -0.15) is 0 Å². The molecule has 0 saturated carbocycles. The van der Waals surface area contributed by atoms with Crippen LogP contribution in [0.1, 0.15) is 50.0 Å². The fourth-order valence-corrected chi connectivity index (χ4v) is 2.94. The standard InChI is InChI=1S/C19H26N2O4/c1-12-15(17(23)24)9-10-21(12)16(22)14-7-5-13(6-8-14)11-20-18(25)19(2,3)4/h5-8,12,15H,9-11H2,1-4H3,(H,20,25)(H,23,24). The molecule has 0 aliphatic carbocycles. The zero-order valence-electron chi connectivity index (χ0n) is 15.2. The van der Waals surface area contributed by atoms with Gasteiger partial charge >= 0.3 is 5.97 Å². The van der Waals surface area contributed by atoms with Gasteiger partial charge in [0.2, 0.25) is 5.91 Å². The van der Waals surface area contributed by atoms with Crippen molar-refractivity contribution in [3.8, 4) is 0 Å². The number of nitrogens with zero attached hydrogens (tertiary/aromatic N) is 1. The second-order valence-electron chi connectivity index (χ2n) is 7.60. The summed E-state index contributed by atoms with van der Waals surface area (Å²) in [5.41, 5.74) is 0.999. The van der Waals surface area contributed by atoms with Crippen LogP contribution >= 0.6 is 0 Å². The summed E-state index contributed by atoms with van der Waals surface area (Å²) in [6.07, 6.45) is 0.485. The summed E-state index contributed by atoms with van der Waals surface area (Å²) in [4.78, 5) is 37.3. The van der Waals surface area contributed by atoms with Gasteiger partial charge in [0, 0.05) is 30.1 Å². The number of carbonyl (C=O) groups excluding carboxylic acids is 2. The van der Waals surface area contributed by atoms with Crippen molar-refractivity contribution >= 4 is 17.8 Å². The van der Waals surface area contributed by atoms with Gasteiger partial charge in [0.05, 0.1) is 5.92 Å². The minimum Gasteiger partial charge on any atom is -0.481 e. The molecule has 1 saturated heterocycles. The van der Waals surface area contributed by atoms with Crippen molar-refractivity contribution in [2.24, 2.45) is 11.3 Å². The SMILES string of the molecule is CC1C(C(=O)O)CCN1C(=O)c1ccc(CNC(=O)C(C)(C)C)cc1. The molecule has 6 heteroatoms. The molecule has 1 aliphatic rings. The average Bonchev–Trinajstić information content (AvgIpc) is 2.93. The molecule has 136 valence electrons. The Balaban J connectivity index is 1.99. The van der Waals surface area contributed by atoms with Gasteiger partial charge in [-0.1, -0.05) is 32.9 Å². The second-order valence-corrected chi connectivity index (χ2v) is 7.60. The quantitative estimate of drug-likeness (QED) is 0.876. The van der Waals surface area contributed by atoms with E-state index in [1.165, 1.54) is 0 Å². The lowest BCUT2D eigenvalue weighted by molar-refractivity contribution is -0.142. The number of carboxylic acids is 1. The van der Waals surface area contributed by atoms with Crippen LogP contribution in [0, 0.1) is 11.3 Å². The van der Waals surface area contributed by atoms with Gasteiger partial charge in [-0.3, -0.25) is 14.4 Å². The molecule has 1 heterocycles. The Morgan fingerprint density at radius 3 is 2.28 bits per heavy atom. The first-order valence-corrected chi connectivity index (χ1v) is 8.52. The number of rotatable bonds is 4. The molecule has 0 radical (unpaired) electrons. The van der Waals surface area contributed by atoms with Crippen molar-refractivity contribution in [3.63, 3.8) is 0 Å². The maximum absolute atomic E-state index is 12.6. The van der Waals surface area contributed by atoms with E-state index in [2.05, 4.69) is 5.32 Å². The number of likely N-dealkylation sites (tertiary alicyclic amines) is 1. The van der Waals surface area contributed by atoms with Crippen molar-refractivity contribution in [3.05, 3.63) is 35.4 Å². The Kier molecular flexibility index (Phi) is 5.50. The number of amides is 2. The fraction of sp³-hybridized carbons (Fsp3) is 0.526. The Hall–Kier alpha value is -2.37. The molecular weight excluding hydrogens is 320 g/mol. The molecule has 2 unspecified atom stereocenters. The van der Waals surface area contributed by atoms with E-state index in [4.69, 9.17) is 0 Å². The highest BCUT2D eigenvalue weighted by Gasteiger charge is 2.38. The first-order valence-electron chi connectivity index (χ1n) is 8.52. The second kappa shape index (κ2) is 7.25. The molecule has 0 spiro atoms. The number of carboxylic acid groups (broad SMARTS) is 1. The van der Waals surface area contributed by atoms with E-state index in [1.807, 2.05) is 32.9 Å². The number of hydrogen-bond acceptors (Lipinski definition) is 3. The van der Waals surface area contributed by atoms with E-state index in [0.717, 1.165) is 5.56 Å². The number of nitrogens with one attached hydrogen (secondary N) is 1. The minimum absolute atomic E-state index is 0.0294. The van der Waals surface area contributed by atoms with Crippen LogP contribution in [0.3, 0.4) is 0 Å². The van der Waals surface area contributed by atoms with Gasteiger partial charge < -0.3 is 15.3 Å². The molecule has 6 nitrogen and oxygen atoms in total. The Labute approximate surface area is 148 Å². The van der Waals surface area contributed by atoms with Crippen LogP contribution in [0.2, 0.25) is 0 Å². The molecule has 0 bridgehead atoms. The Morgan fingerprint density at radius 2 is 1.80 bits per heavy atom. The van der Waals surface area contributed by atoms with E-state index >= 15 is 0 Å². The monoisotopic (exact) mass is 346 g/mol. The Morgan fingerprint density at radius 1 is 1.20 bits per heavy atom. The largest absolute Gasteiger partial charge is 0.481 e. The summed E-state index contributed by atoms with van der Waals surface area (Å²) in [6.45, 7) is 8.20. The van der Waals surface area contributed by atoms with Crippen molar-refractivity contribution in [1.82, 2.24) is 10.2 Å². The van der Waals surface area contributed by atoms with E-state index in [0.29, 0.717) is 25.1 Å². The third-order valence-electron chi connectivity index (χ3n) is 4.67. The maximum Gasteiger partial charge on any atom is 0.308 e. The van der Waals surface area contributed by atoms with Crippen molar-refractivity contribution in [2.75, 3.05) is 6.54 Å². The summed E-state index contributed by atoms with van der Waals surface area (Å²) in [5, 5.41) is 12.0. The molecule has 2 amide bonds. The summed E-state index contributed by atoms with van der Waals surface area (Å²) in [5.74, 6) is -1.54. The summed E-state index contributed by atoms with van der Waals surface area (Å²) in [6, 6.07) is 6.76. The molecule has 2 N–H and O–H groups in total. The lowest BCUT2D eigenvalue weighted by atomic mass is 9.95. The zero-order valence-corrected chi connectivity index (χ0v) is 15.2. The smallest absolute Gasteiger partial charge is 0.308 e. The maximum atomic E-state index is 12.6. The molecule has 25 heavy (non-hydrogen) atoms. The third-order valence-corrected chi connectivity index (χ3v) is 4.67. The predicted molar refractivity (Wildman–Crippen MR) is 94.0 cm³/mol. The number of aliphatic carboxylic acids is 1. The lowest BCUT2D eigenvalue weighted by Gasteiger charge is -2.23. The van der Waals surface area contributed by atoms with Crippen molar-refractivity contribution < 1.29 is 19.5 Å². The molecule has 2 rings (SSSR count). The van der Waals surface area contributed by atoms with Crippen LogP contribution in [-0.4, -0.2) is 40.4 Å². The number of benzene rings is 1. The molecule has 0 aromatic heterocycles. The topological polar surface area (TPSA) is 86.7 Å². The predicted octanol–water partition coefficient (Wildman–Crippen LogP) is 2.28. The van der Waals surface area contributed by atoms with E-state index < -0.39 is 17.3 Å². The van der Waals surface area contributed by atoms with Gasteiger partial charge in [-0.05, 0) is 31.0 Å². The molecule has 2 atom stereocenters. The van der Waals surface area contributed by atoms with Crippen LogP contribution in [0.15, 0.2) is 24.3 Å². The summed E-state index contributed by atoms with van der Waals surface area (Å²) >= 11 is 0. The van der Waals surface area contributed by atoms with Crippen LogP contribution in [0.4, 0.5) is 0 Å². The van der Waals surface area contributed by atoms with Gasteiger partial charge in [-0.15, -0.1) is 0 Å². The lowest BCUT2D eigenvalue weighted by Crippen LogP contribution is -2.37. The fourth-order valence-electron chi connectivity index (χ4n) is 2.94. The highest BCUT2D eigenvalue weighted by Crippen LogP contribution is 2.26. The first-order chi connectivity index (χ1) is 11.6. The van der Waals surface area contributed by atoms with E-state index in [1.54, 1.807) is 24.0 Å². The summed E-state index contributed by atoms with van der Waals surface area (Å²) < 4.78 is 0. The van der Waals surface area contributed by atoms with Gasteiger partial charge in [-0.25, -0.2) is 0 Å². The first kappa shape index (κ1) is 19.0. The number of carbonyl (C=O) groups is 3. The van der Waals surface area contributed by atoms with Gasteiger partial charge in [0.15, 0.2) is 0 Å². The highest BCUT2D eigenvalue weighted by atomic mass is 16.4. The van der Waals surface area contributed by atoms with Crippen LogP contribution in [0.25, 0.3) is 0 Å². The van der Waals surface area contributed by atoms with Gasteiger partial charge in [0.1, 0.15) is 0 Å². The zero-order chi connectivity index (χ0) is 18.8. The molecule has 1 aromatic carbocycles. The van der Waals surface area contributed by atoms with E-state index in [9.17, 15) is 19.5 Å². The molecule has 1 aliphatic heterocycles. The van der Waals surface area contributed by atoms with Crippen LogP contribution < -0.4 is 5.32 Å². The van der Waals surface area contributed by atoms with E-state index in [-0.39, 0.29) is 17.9 Å². The molecule has 1 aromatic rings. The number of hydrogen-bond donors (Lipinski definition) is 2. The van der Waals surface area contributed by atoms with Crippen molar-refractivity contribution in [2.45, 2.75) is 46.7 Å². The van der Waals surface area contributed by atoms with Crippen LogP contribution in [0.5, 0.6) is 0 Å². The third kappa shape index (κ3) is 4.38. The Bertz CT molecular complexity index is 661. The normalized spacial score (nSPS) is 20.4. The van der Waals surface area contributed by atoms with Crippen molar-refractivity contribution in [1.29, 1.82) is 0 Å². The minimum atomic E-state index is -0.854. The highest BCUT2D eigenvalue weighted by molar-refractivity contribution is 5.95. The molecule has 1 fully saturated rings. The average molecular weight is 346 g/mol.